The van der Waals surface area contributed by atoms with E-state index >= 15 is 0 Å². The highest BCUT2D eigenvalue weighted by Gasteiger charge is 2.26. The van der Waals surface area contributed by atoms with E-state index in [1.54, 1.807) is 4.90 Å². The van der Waals surface area contributed by atoms with Crippen molar-refractivity contribution >= 4 is 11.7 Å². The number of carbonyl (C=O) groups excluding carboxylic acids is 1. The van der Waals surface area contributed by atoms with Gasteiger partial charge >= 0.3 is 0 Å². The second-order valence-electron chi connectivity index (χ2n) is 3.18. The van der Waals surface area contributed by atoms with Gasteiger partial charge < -0.3 is 10.6 Å². The summed E-state index contributed by atoms with van der Waals surface area (Å²) in [5, 5.41) is 7.30. The number of nitrogens with one attached hydrogen (secondary N) is 1. The lowest BCUT2D eigenvalue weighted by Gasteiger charge is -2.34. The number of hydrogen-bond acceptors (Lipinski definition) is 2. The lowest BCUT2D eigenvalue weighted by molar-refractivity contribution is -0.130. The zero-order chi connectivity index (χ0) is 9.14. The first-order valence-electron chi connectivity index (χ1n) is 4.24. The number of hydrogen-bond donors (Lipinski definition) is 2. The Hall–Kier alpha value is -1.06. The zero-order valence-electron chi connectivity index (χ0n) is 7.34. The molecule has 68 valence electrons. The molecule has 0 aromatic rings. The molecule has 12 heavy (non-hydrogen) atoms. The first-order valence-corrected chi connectivity index (χ1v) is 4.24. The Morgan fingerprint density at radius 3 is 2.67 bits per heavy atom. The van der Waals surface area contributed by atoms with Gasteiger partial charge in [-0.25, -0.2) is 0 Å². The summed E-state index contributed by atoms with van der Waals surface area (Å²) in [6.07, 6.45) is 2.94. The molecule has 1 atom stereocenters. The van der Waals surface area contributed by atoms with Crippen LogP contribution in [0.5, 0.6) is 0 Å². The molecular formula is C8H15N3O. The molecule has 1 amide bonds. The second kappa shape index (κ2) is 3.56. The summed E-state index contributed by atoms with van der Waals surface area (Å²) < 4.78 is 0. The van der Waals surface area contributed by atoms with Crippen molar-refractivity contribution in [3.63, 3.8) is 0 Å². The quantitative estimate of drug-likeness (QED) is 0.438. The normalized spacial score (nSPS) is 23.8. The zero-order valence-corrected chi connectivity index (χ0v) is 7.34. The molecule has 0 saturated carbocycles. The molecule has 0 spiro atoms. The third-order valence-electron chi connectivity index (χ3n) is 2.27. The molecule has 0 aromatic heterocycles. The third kappa shape index (κ3) is 1.75. The van der Waals surface area contributed by atoms with Gasteiger partial charge in [-0.2, -0.15) is 0 Å². The summed E-state index contributed by atoms with van der Waals surface area (Å²) in [5.41, 5.74) is 5.38. The van der Waals surface area contributed by atoms with Gasteiger partial charge in [0.1, 0.15) is 5.84 Å². The highest BCUT2D eigenvalue weighted by molar-refractivity contribution is 5.87. The van der Waals surface area contributed by atoms with Crippen LogP contribution in [-0.4, -0.2) is 29.2 Å². The van der Waals surface area contributed by atoms with Crippen LogP contribution in [0.2, 0.25) is 0 Å². The van der Waals surface area contributed by atoms with Gasteiger partial charge in [0.15, 0.2) is 0 Å². The van der Waals surface area contributed by atoms with Crippen LogP contribution in [0.25, 0.3) is 0 Å². The van der Waals surface area contributed by atoms with E-state index in [9.17, 15) is 4.79 Å². The van der Waals surface area contributed by atoms with Crippen LogP contribution in [0.1, 0.15) is 26.2 Å². The summed E-state index contributed by atoms with van der Waals surface area (Å²) in [6.45, 7) is 2.28. The van der Waals surface area contributed by atoms with E-state index in [4.69, 9.17) is 11.1 Å². The maximum Gasteiger partial charge on any atom is 0.220 e. The van der Waals surface area contributed by atoms with E-state index in [0.717, 1.165) is 25.8 Å². The maximum atomic E-state index is 11.1. The van der Waals surface area contributed by atoms with Crippen LogP contribution in [-0.2, 0) is 4.79 Å². The molecule has 0 aliphatic carbocycles. The summed E-state index contributed by atoms with van der Waals surface area (Å²) in [6, 6.07) is -0.142. The van der Waals surface area contributed by atoms with Gasteiger partial charge in [-0.1, -0.05) is 0 Å². The predicted molar refractivity (Wildman–Crippen MR) is 46.9 cm³/mol. The number of piperidine rings is 1. The molecule has 0 aromatic carbocycles. The third-order valence-corrected chi connectivity index (χ3v) is 2.27. The average Bonchev–Trinajstić information content (AvgIpc) is 2.04. The minimum Gasteiger partial charge on any atom is -0.386 e. The van der Waals surface area contributed by atoms with E-state index < -0.39 is 0 Å². The molecule has 1 aliphatic heterocycles. The largest absolute Gasteiger partial charge is 0.386 e. The highest BCUT2D eigenvalue weighted by atomic mass is 16.2. The molecule has 1 rings (SSSR count). The minimum absolute atomic E-state index is 0.0231. The molecule has 1 aliphatic rings. The molecule has 0 radical (unpaired) electrons. The molecular weight excluding hydrogens is 154 g/mol. The van der Waals surface area contributed by atoms with Crippen molar-refractivity contribution in [2.75, 3.05) is 6.54 Å². The molecule has 4 heteroatoms. The smallest absolute Gasteiger partial charge is 0.220 e. The Morgan fingerprint density at radius 1 is 1.58 bits per heavy atom. The van der Waals surface area contributed by atoms with Gasteiger partial charge in [-0.3, -0.25) is 10.2 Å². The van der Waals surface area contributed by atoms with E-state index in [2.05, 4.69) is 0 Å². The Kier molecular flexibility index (Phi) is 2.68. The van der Waals surface area contributed by atoms with Crippen molar-refractivity contribution in [2.45, 2.75) is 32.2 Å². The van der Waals surface area contributed by atoms with Crippen molar-refractivity contribution in [2.24, 2.45) is 5.73 Å². The van der Waals surface area contributed by atoms with Crippen LogP contribution >= 0.6 is 0 Å². The van der Waals surface area contributed by atoms with E-state index in [-0.39, 0.29) is 17.8 Å². The van der Waals surface area contributed by atoms with E-state index in [1.807, 2.05) is 0 Å². The van der Waals surface area contributed by atoms with Crippen LogP contribution in [0, 0.1) is 5.41 Å². The lowest BCUT2D eigenvalue weighted by Crippen LogP contribution is -2.49. The van der Waals surface area contributed by atoms with E-state index in [0.29, 0.717) is 0 Å². The van der Waals surface area contributed by atoms with Gasteiger partial charge in [0, 0.05) is 13.5 Å². The van der Waals surface area contributed by atoms with E-state index in [1.165, 1.54) is 6.92 Å². The summed E-state index contributed by atoms with van der Waals surface area (Å²) in [4.78, 5) is 12.8. The van der Waals surface area contributed by atoms with Gasteiger partial charge in [0.25, 0.3) is 0 Å². The van der Waals surface area contributed by atoms with Crippen molar-refractivity contribution in [1.29, 1.82) is 5.41 Å². The number of nitrogens with two attached hydrogens (primary N) is 1. The number of amides is 1. The van der Waals surface area contributed by atoms with Gasteiger partial charge in [0.05, 0.1) is 6.04 Å². The van der Waals surface area contributed by atoms with Crippen molar-refractivity contribution < 1.29 is 4.79 Å². The molecule has 1 saturated heterocycles. The predicted octanol–water partition coefficient (Wildman–Crippen LogP) is 0.323. The fourth-order valence-electron chi connectivity index (χ4n) is 1.63. The van der Waals surface area contributed by atoms with Crippen LogP contribution in [0.15, 0.2) is 0 Å². The molecule has 1 unspecified atom stereocenters. The monoisotopic (exact) mass is 169 g/mol. The summed E-state index contributed by atoms with van der Waals surface area (Å²) in [7, 11) is 0. The highest BCUT2D eigenvalue weighted by Crippen LogP contribution is 2.16. The Labute approximate surface area is 72.2 Å². The SMILES string of the molecule is CC(=O)N1CCCCC1C(=N)N. The van der Waals surface area contributed by atoms with Crippen LogP contribution in [0.4, 0.5) is 0 Å². The van der Waals surface area contributed by atoms with Crippen molar-refractivity contribution in [3.8, 4) is 0 Å². The van der Waals surface area contributed by atoms with Crippen molar-refractivity contribution in [3.05, 3.63) is 0 Å². The molecule has 3 N–H and O–H groups in total. The number of amidine groups is 1. The Balaban J connectivity index is 2.67. The Morgan fingerprint density at radius 2 is 2.25 bits per heavy atom. The van der Waals surface area contributed by atoms with Gasteiger partial charge in [-0.05, 0) is 19.3 Å². The molecule has 0 bridgehead atoms. The minimum atomic E-state index is -0.142. The number of likely N-dealkylation sites (tertiary alicyclic amines) is 1. The first-order chi connectivity index (χ1) is 5.63. The van der Waals surface area contributed by atoms with Crippen LogP contribution in [0.3, 0.4) is 0 Å². The second-order valence-corrected chi connectivity index (χ2v) is 3.18. The topological polar surface area (TPSA) is 70.2 Å². The average molecular weight is 169 g/mol. The standard InChI is InChI=1S/C8H15N3O/c1-6(12)11-5-3-2-4-7(11)8(9)10/h7H,2-5H2,1H3,(H3,9,10). The number of nitrogens with zero attached hydrogens (tertiary/aromatic N) is 1. The first kappa shape index (κ1) is 9.03. The fourth-order valence-corrected chi connectivity index (χ4v) is 1.63. The lowest BCUT2D eigenvalue weighted by atomic mass is 10.0. The summed E-state index contributed by atoms with van der Waals surface area (Å²) in [5.74, 6) is 0.139. The fraction of sp³-hybridized carbons (Fsp3) is 0.750. The molecule has 4 nitrogen and oxygen atoms in total. The van der Waals surface area contributed by atoms with Gasteiger partial charge in [-0.15, -0.1) is 0 Å². The van der Waals surface area contributed by atoms with Crippen LogP contribution < -0.4 is 5.73 Å². The van der Waals surface area contributed by atoms with Crippen molar-refractivity contribution in [1.82, 2.24) is 4.90 Å². The number of carbonyl (C=O) groups is 1. The summed E-state index contributed by atoms with van der Waals surface area (Å²) >= 11 is 0. The Bertz CT molecular complexity index is 180. The van der Waals surface area contributed by atoms with Gasteiger partial charge in [0.2, 0.25) is 5.91 Å². The number of rotatable bonds is 1. The molecule has 1 fully saturated rings. The molecule has 1 heterocycles. The maximum absolute atomic E-state index is 11.1.